The molecule has 2 heterocycles. The third-order valence-electron chi connectivity index (χ3n) is 4.33. The summed E-state index contributed by atoms with van der Waals surface area (Å²) in [6, 6.07) is 6.80. The zero-order valence-corrected chi connectivity index (χ0v) is 13.8. The quantitative estimate of drug-likeness (QED) is 0.875. The first-order valence-corrected chi connectivity index (χ1v) is 8.05. The Morgan fingerprint density at radius 1 is 1.25 bits per heavy atom. The molecule has 3 rings (SSSR count). The number of aromatic nitrogens is 2. The van der Waals surface area contributed by atoms with E-state index in [1.54, 1.807) is 18.2 Å². The Kier molecular flexibility index (Phi) is 4.64. The monoisotopic (exact) mass is 328 g/mol. The van der Waals surface area contributed by atoms with E-state index in [0.717, 1.165) is 5.69 Å². The van der Waals surface area contributed by atoms with Crippen molar-refractivity contribution in [1.82, 2.24) is 9.97 Å². The largest absolute Gasteiger partial charge is 0.366 e. The van der Waals surface area contributed by atoms with Gasteiger partial charge < -0.3 is 9.80 Å². The molecule has 5 nitrogen and oxygen atoms in total. The van der Waals surface area contributed by atoms with Crippen LogP contribution in [0.1, 0.15) is 11.3 Å². The summed E-state index contributed by atoms with van der Waals surface area (Å²) < 4.78 is 13.9. The summed E-state index contributed by atoms with van der Waals surface area (Å²) in [7, 11) is 0. The van der Waals surface area contributed by atoms with Crippen molar-refractivity contribution in [1.29, 1.82) is 0 Å². The van der Waals surface area contributed by atoms with E-state index in [4.69, 9.17) is 0 Å². The van der Waals surface area contributed by atoms with E-state index in [0.29, 0.717) is 49.8 Å². The molecule has 0 saturated carbocycles. The number of nitrogens with zero attached hydrogens (tertiary/aromatic N) is 3. The molecule has 0 aliphatic carbocycles. The Bertz CT molecular complexity index is 794. The molecule has 1 aliphatic heterocycles. The topological polar surface area (TPSA) is 52.2 Å². The van der Waals surface area contributed by atoms with Crippen molar-refractivity contribution in [3.05, 3.63) is 64.3 Å². The van der Waals surface area contributed by atoms with Crippen LogP contribution in [0.2, 0.25) is 0 Å². The number of rotatable bonds is 4. The standard InChI is InChI=1S/C18H21FN4O/c1-3-6-14-13(2)20-18(21-17(14)24)23-11-9-22(10-12-23)16-8-5-4-7-15(16)19/h3-5,7-8H,1,6,9-12H2,2H3,(H,20,21,24). The second kappa shape index (κ2) is 6.86. The number of allylic oxidation sites excluding steroid dienone is 1. The molecule has 0 spiro atoms. The third kappa shape index (κ3) is 3.18. The zero-order chi connectivity index (χ0) is 17.1. The molecule has 1 aromatic heterocycles. The predicted octanol–water partition coefficient (Wildman–Crippen LogP) is 2.27. The summed E-state index contributed by atoms with van der Waals surface area (Å²) >= 11 is 0. The molecule has 1 aliphatic rings. The number of nitrogens with one attached hydrogen (secondary N) is 1. The fourth-order valence-corrected chi connectivity index (χ4v) is 3.00. The number of benzene rings is 1. The molecule has 1 saturated heterocycles. The highest BCUT2D eigenvalue weighted by Crippen LogP contribution is 2.21. The highest BCUT2D eigenvalue weighted by Gasteiger charge is 2.21. The molecule has 1 aromatic carbocycles. The third-order valence-corrected chi connectivity index (χ3v) is 4.33. The van der Waals surface area contributed by atoms with Gasteiger partial charge in [0.2, 0.25) is 5.95 Å². The maximum absolute atomic E-state index is 13.9. The summed E-state index contributed by atoms with van der Waals surface area (Å²) in [6.07, 6.45) is 2.21. The highest BCUT2D eigenvalue weighted by atomic mass is 19.1. The van der Waals surface area contributed by atoms with Gasteiger partial charge in [-0.2, -0.15) is 0 Å². The van der Waals surface area contributed by atoms with Crippen LogP contribution in [0.25, 0.3) is 0 Å². The zero-order valence-electron chi connectivity index (χ0n) is 13.8. The van der Waals surface area contributed by atoms with Gasteiger partial charge in [-0.1, -0.05) is 18.2 Å². The van der Waals surface area contributed by atoms with Gasteiger partial charge in [0.1, 0.15) is 5.82 Å². The Balaban J connectivity index is 1.74. The van der Waals surface area contributed by atoms with Crippen molar-refractivity contribution in [2.24, 2.45) is 0 Å². The SMILES string of the molecule is C=CCc1c(C)nc(N2CCN(c3ccccc3F)CC2)[nH]c1=O. The van der Waals surface area contributed by atoms with Crippen LogP contribution in [-0.4, -0.2) is 36.1 Å². The van der Waals surface area contributed by atoms with Crippen molar-refractivity contribution in [3.8, 4) is 0 Å². The fourth-order valence-electron chi connectivity index (χ4n) is 3.00. The van der Waals surface area contributed by atoms with Crippen molar-refractivity contribution >= 4 is 11.6 Å². The van der Waals surface area contributed by atoms with Crippen LogP contribution in [0.5, 0.6) is 0 Å². The van der Waals surface area contributed by atoms with E-state index in [1.165, 1.54) is 6.07 Å². The van der Waals surface area contributed by atoms with E-state index < -0.39 is 0 Å². The lowest BCUT2D eigenvalue weighted by Gasteiger charge is -2.36. The molecule has 6 heteroatoms. The average Bonchev–Trinajstić information content (AvgIpc) is 2.58. The first-order chi connectivity index (χ1) is 11.6. The molecule has 0 bridgehead atoms. The van der Waals surface area contributed by atoms with Crippen LogP contribution in [0.3, 0.4) is 0 Å². The van der Waals surface area contributed by atoms with Crippen LogP contribution in [-0.2, 0) is 6.42 Å². The van der Waals surface area contributed by atoms with Crippen molar-refractivity contribution < 1.29 is 4.39 Å². The summed E-state index contributed by atoms with van der Waals surface area (Å²) in [4.78, 5) is 23.6. The first-order valence-electron chi connectivity index (χ1n) is 8.05. The number of hydrogen-bond acceptors (Lipinski definition) is 4. The minimum absolute atomic E-state index is 0.117. The summed E-state index contributed by atoms with van der Waals surface area (Å²) in [5, 5.41) is 0. The minimum atomic E-state index is -0.206. The Morgan fingerprint density at radius 2 is 1.92 bits per heavy atom. The lowest BCUT2D eigenvalue weighted by Crippen LogP contribution is -2.48. The number of halogens is 1. The normalized spacial score (nSPS) is 14.8. The van der Waals surface area contributed by atoms with Gasteiger partial charge in [0.05, 0.1) is 11.4 Å². The van der Waals surface area contributed by atoms with E-state index in [1.807, 2.05) is 22.8 Å². The number of para-hydroxylation sites is 1. The molecule has 0 atom stereocenters. The lowest BCUT2D eigenvalue weighted by molar-refractivity contribution is 0.593. The molecule has 24 heavy (non-hydrogen) atoms. The van der Waals surface area contributed by atoms with E-state index in [2.05, 4.69) is 16.5 Å². The molecule has 2 aromatic rings. The molecule has 0 radical (unpaired) electrons. The van der Waals surface area contributed by atoms with Crippen LogP contribution >= 0.6 is 0 Å². The number of aryl methyl sites for hydroxylation is 1. The van der Waals surface area contributed by atoms with Gasteiger partial charge in [-0.25, -0.2) is 9.37 Å². The lowest BCUT2D eigenvalue weighted by atomic mass is 10.2. The minimum Gasteiger partial charge on any atom is -0.366 e. The second-order valence-electron chi connectivity index (χ2n) is 5.87. The summed E-state index contributed by atoms with van der Waals surface area (Å²) in [5.41, 5.74) is 1.88. The highest BCUT2D eigenvalue weighted by molar-refractivity contribution is 5.49. The Hall–Kier alpha value is -2.63. The fraction of sp³-hybridized carbons (Fsp3) is 0.333. The van der Waals surface area contributed by atoms with E-state index in [9.17, 15) is 9.18 Å². The van der Waals surface area contributed by atoms with Gasteiger partial charge >= 0.3 is 0 Å². The number of hydrogen-bond donors (Lipinski definition) is 1. The van der Waals surface area contributed by atoms with Crippen LogP contribution in [0, 0.1) is 12.7 Å². The number of anilines is 2. The van der Waals surface area contributed by atoms with Crippen LogP contribution in [0.4, 0.5) is 16.0 Å². The van der Waals surface area contributed by atoms with Gasteiger partial charge in [-0.05, 0) is 25.5 Å². The summed E-state index contributed by atoms with van der Waals surface area (Å²) in [6.45, 7) is 8.22. The van der Waals surface area contributed by atoms with Gasteiger partial charge in [0, 0.05) is 31.7 Å². The molecular formula is C18H21FN4O. The van der Waals surface area contributed by atoms with Crippen molar-refractivity contribution in [2.45, 2.75) is 13.3 Å². The average molecular weight is 328 g/mol. The first kappa shape index (κ1) is 16.2. The summed E-state index contributed by atoms with van der Waals surface area (Å²) in [5.74, 6) is 0.376. The Morgan fingerprint density at radius 3 is 2.54 bits per heavy atom. The second-order valence-corrected chi connectivity index (χ2v) is 5.87. The van der Waals surface area contributed by atoms with Gasteiger partial charge in [0.15, 0.2) is 0 Å². The van der Waals surface area contributed by atoms with Gasteiger partial charge in [-0.3, -0.25) is 9.78 Å². The van der Waals surface area contributed by atoms with Crippen molar-refractivity contribution in [2.75, 3.05) is 36.0 Å². The molecular weight excluding hydrogens is 307 g/mol. The molecule has 0 amide bonds. The number of H-pyrrole nitrogens is 1. The number of aromatic amines is 1. The van der Waals surface area contributed by atoms with E-state index in [-0.39, 0.29) is 11.4 Å². The van der Waals surface area contributed by atoms with E-state index >= 15 is 0 Å². The molecule has 1 fully saturated rings. The van der Waals surface area contributed by atoms with Gasteiger partial charge in [-0.15, -0.1) is 6.58 Å². The van der Waals surface area contributed by atoms with Crippen molar-refractivity contribution in [3.63, 3.8) is 0 Å². The smallest absolute Gasteiger partial charge is 0.256 e. The number of piperazine rings is 1. The maximum Gasteiger partial charge on any atom is 0.256 e. The molecule has 1 N–H and O–H groups in total. The Labute approximate surface area is 140 Å². The van der Waals surface area contributed by atoms with Gasteiger partial charge in [0.25, 0.3) is 5.56 Å². The van der Waals surface area contributed by atoms with Crippen LogP contribution < -0.4 is 15.4 Å². The molecule has 0 unspecified atom stereocenters. The molecule has 126 valence electrons. The maximum atomic E-state index is 13.9. The van der Waals surface area contributed by atoms with Crippen LogP contribution in [0.15, 0.2) is 41.7 Å². The predicted molar refractivity (Wildman–Crippen MR) is 94.3 cm³/mol.